The Morgan fingerprint density at radius 1 is 1.29 bits per heavy atom. The van der Waals surface area contributed by atoms with Crippen LogP contribution in [-0.4, -0.2) is 6.54 Å². The third kappa shape index (κ3) is 3.85. The van der Waals surface area contributed by atoms with Crippen molar-refractivity contribution in [3.63, 3.8) is 0 Å². The van der Waals surface area contributed by atoms with E-state index in [1.807, 2.05) is 0 Å². The van der Waals surface area contributed by atoms with Crippen molar-refractivity contribution in [2.75, 3.05) is 6.54 Å². The highest BCUT2D eigenvalue weighted by molar-refractivity contribution is 6.29. The topological polar surface area (TPSA) is 12.0 Å². The second kappa shape index (κ2) is 5.08. The lowest BCUT2D eigenvalue weighted by molar-refractivity contribution is 0.577. The van der Waals surface area contributed by atoms with E-state index in [0.717, 1.165) is 6.07 Å². The van der Waals surface area contributed by atoms with Crippen LogP contribution in [0.4, 0.5) is 8.78 Å². The third-order valence-corrected chi connectivity index (χ3v) is 1.70. The predicted molar refractivity (Wildman–Crippen MR) is 53.1 cm³/mol. The fraction of sp³-hybridized carbons (Fsp3) is 0.200. The van der Waals surface area contributed by atoms with E-state index in [-0.39, 0.29) is 0 Å². The molecule has 76 valence electrons. The zero-order chi connectivity index (χ0) is 10.6. The molecule has 0 fully saturated rings. The van der Waals surface area contributed by atoms with Gasteiger partial charge in [0.1, 0.15) is 11.6 Å². The van der Waals surface area contributed by atoms with Crippen molar-refractivity contribution in [3.8, 4) is 0 Å². The van der Waals surface area contributed by atoms with Gasteiger partial charge in [0.25, 0.3) is 0 Å². The number of benzene rings is 1. The van der Waals surface area contributed by atoms with Crippen LogP contribution in [0.5, 0.6) is 0 Å². The van der Waals surface area contributed by atoms with Crippen molar-refractivity contribution in [3.05, 3.63) is 47.0 Å². The Hall–Kier alpha value is -0.930. The van der Waals surface area contributed by atoms with Crippen molar-refractivity contribution in [1.82, 2.24) is 5.32 Å². The summed E-state index contributed by atoms with van der Waals surface area (Å²) < 4.78 is 25.4. The first-order valence-electron chi connectivity index (χ1n) is 4.07. The van der Waals surface area contributed by atoms with Gasteiger partial charge in [-0.3, -0.25) is 0 Å². The van der Waals surface area contributed by atoms with Crippen LogP contribution < -0.4 is 5.32 Å². The van der Waals surface area contributed by atoms with Crippen LogP contribution in [0.3, 0.4) is 0 Å². The number of halogens is 3. The Kier molecular flexibility index (Phi) is 4.04. The fourth-order valence-corrected chi connectivity index (χ4v) is 1.15. The van der Waals surface area contributed by atoms with Gasteiger partial charge in [-0.05, 0) is 17.7 Å². The average molecular weight is 218 g/mol. The molecular formula is C10H10ClF2N. The summed E-state index contributed by atoms with van der Waals surface area (Å²) >= 11 is 5.50. The van der Waals surface area contributed by atoms with Crippen LogP contribution in [-0.2, 0) is 6.54 Å². The van der Waals surface area contributed by atoms with Gasteiger partial charge in [0.2, 0.25) is 0 Å². The van der Waals surface area contributed by atoms with E-state index in [4.69, 9.17) is 11.6 Å². The highest BCUT2D eigenvalue weighted by atomic mass is 35.5. The molecule has 0 radical (unpaired) electrons. The Labute approximate surface area is 86.4 Å². The van der Waals surface area contributed by atoms with Gasteiger partial charge in [0.05, 0.1) is 0 Å². The molecule has 0 saturated heterocycles. The van der Waals surface area contributed by atoms with E-state index in [0.29, 0.717) is 23.7 Å². The van der Waals surface area contributed by atoms with Gasteiger partial charge in [-0.15, -0.1) is 0 Å². The quantitative estimate of drug-likeness (QED) is 0.818. The first-order chi connectivity index (χ1) is 6.58. The smallest absolute Gasteiger partial charge is 0.126 e. The largest absolute Gasteiger partial charge is 0.308 e. The maximum atomic E-state index is 12.7. The number of hydrogen-bond acceptors (Lipinski definition) is 1. The summed E-state index contributed by atoms with van der Waals surface area (Å²) in [6.45, 7) is 4.25. The molecule has 0 aromatic heterocycles. The van der Waals surface area contributed by atoms with Gasteiger partial charge < -0.3 is 5.32 Å². The summed E-state index contributed by atoms with van der Waals surface area (Å²) in [6, 6.07) is 3.38. The van der Waals surface area contributed by atoms with E-state index >= 15 is 0 Å². The van der Waals surface area contributed by atoms with Crippen LogP contribution in [0.25, 0.3) is 0 Å². The number of nitrogens with one attached hydrogen (secondary N) is 1. The van der Waals surface area contributed by atoms with Crippen molar-refractivity contribution in [1.29, 1.82) is 0 Å². The molecular weight excluding hydrogens is 208 g/mol. The molecule has 0 aliphatic rings. The molecule has 14 heavy (non-hydrogen) atoms. The van der Waals surface area contributed by atoms with Crippen LogP contribution in [0.2, 0.25) is 0 Å². The lowest BCUT2D eigenvalue weighted by Crippen LogP contribution is -2.14. The molecule has 0 aliphatic heterocycles. The first kappa shape index (κ1) is 11.1. The van der Waals surface area contributed by atoms with E-state index in [1.54, 1.807) is 0 Å². The van der Waals surface area contributed by atoms with Gasteiger partial charge >= 0.3 is 0 Å². The van der Waals surface area contributed by atoms with Gasteiger partial charge in [-0.2, -0.15) is 0 Å². The summed E-state index contributed by atoms with van der Waals surface area (Å²) in [4.78, 5) is 0. The van der Waals surface area contributed by atoms with E-state index in [9.17, 15) is 8.78 Å². The molecule has 0 bridgehead atoms. The average Bonchev–Trinajstić information content (AvgIpc) is 2.01. The molecule has 0 heterocycles. The minimum atomic E-state index is -0.577. The Morgan fingerprint density at radius 3 is 2.36 bits per heavy atom. The molecule has 0 unspecified atom stereocenters. The van der Waals surface area contributed by atoms with Gasteiger partial charge in [0, 0.05) is 24.2 Å². The number of rotatable bonds is 4. The molecule has 1 rings (SSSR count). The zero-order valence-electron chi connectivity index (χ0n) is 7.49. The highest BCUT2D eigenvalue weighted by Crippen LogP contribution is 2.07. The van der Waals surface area contributed by atoms with Crippen LogP contribution >= 0.6 is 11.6 Å². The summed E-state index contributed by atoms with van der Waals surface area (Å²) in [7, 11) is 0. The normalized spacial score (nSPS) is 10.2. The van der Waals surface area contributed by atoms with Gasteiger partial charge in [0.15, 0.2) is 0 Å². The van der Waals surface area contributed by atoms with Crippen molar-refractivity contribution in [2.24, 2.45) is 0 Å². The molecule has 1 aromatic carbocycles. The SMILES string of the molecule is C=C(Cl)CNCc1cc(F)cc(F)c1. The van der Waals surface area contributed by atoms with Crippen molar-refractivity contribution >= 4 is 11.6 Å². The molecule has 0 amide bonds. The van der Waals surface area contributed by atoms with Gasteiger partial charge in [-0.25, -0.2) is 8.78 Å². The summed E-state index contributed by atoms with van der Waals surface area (Å²) in [5, 5.41) is 3.35. The Bertz CT molecular complexity index is 319. The zero-order valence-corrected chi connectivity index (χ0v) is 8.24. The first-order valence-corrected chi connectivity index (χ1v) is 4.44. The molecule has 0 spiro atoms. The second-order valence-corrected chi connectivity index (χ2v) is 3.43. The molecule has 4 heteroatoms. The Balaban J connectivity index is 2.54. The third-order valence-electron chi connectivity index (χ3n) is 1.57. The van der Waals surface area contributed by atoms with Crippen molar-refractivity contribution in [2.45, 2.75) is 6.54 Å². The second-order valence-electron chi connectivity index (χ2n) is 2.90. The van der Waals surface area contributed by atoms with Gasteiger partial charge in [-0.1, -0.05) is 18.2 Å². The maximum absolute atomic E-state index is 12.7. The van der Waals surface area contributed by atoms with Crippen LogP contribution in [0, 0.1) is 11.6 Å². The monoisotopic (exact) mass is 217 g/mol. The highest BCUT2D eigenvalue weighted by Gasteiger charge is 1.99. The fourth-order valence-electron chi connectivity index (χ4n) is 1.06. The van der Waals surface area contributed by atoms with Crippen molar-refractivity contribution < 1.29 is 8.78 Å². The molecule has 1 aromatic rings. The standard InChI is InChI=1S/C10H10ClF2N/c1-7(11)5-14-6-8-2-9(12)4-10(13)3-8/h2-4,14H,1,5-6H2. The predicted octanol–water partition coefficient (Wildman–Crippen LogP) is 2.81. The van der Waals surface area contributed by atoms with E-state index in [1.165, 1.54) is 12.1 Å². The van der Waals surface area contributed by atoms with E-state index < -0.39 is 11.6 Å². The maximum Gasteiger partial charge on any atom is 0.126 e. The van der Waals surface area contributed by atoms with E-state index in [2.05, 4.69) is 11.9 Å². The molecule has 0 atom stereocenters. The summed E-state index contributed by atoms with van der Waals surface area (Å²) in [5.41, 5.74) is 0.542. The molecule has 1 nitrogen and oxygen atoms in total. The minimum absolute atomic E-state index is 0.362. The minimum Gasteiger partial charge on any atom is -0.308 e. The van der Waals surface area contributed by atoms with Crippen LogP contribution in [0.1, 0.15) is 5.56 Å². The van der Waals surface area contributed by atoms with Crippen LogP contribution in [0.15, 0.2) is 29.8 Å². The lowest BCUT2D eigenvalue weighted by Gasteiger charge is -2.03. The molecule has 0 saturated carbocycles. The molecule has 1 N–H and O–H groups in total. The Morgan fingerprint density at radius 2 is 1.86 bits per heavy atom. The number of hydrogen-bond donors (Lipinski definition) is 1. The summed E-state index contributed by atoms with van der Waals surface area (Å²) in [6.07, 6.45) is 0. The lowest BCUT2D eigenvalue weighted by atomic mass is 10.2. The summed E-state index contributed by atoms with van der Waals surface area (Å²) in [5.74, 6) is -1.15. The molecule has 0 aliphatic carbocycles.